The summed E-state index contributed by atoms with van der Waals surface area (Å²) in [5.41, 5.74) is -0.534. The van der Waals surface area contributed by atoms with Crippen LogP contribution in [0.4, 0.5) is 0 Å². The highest BCUT2D eigenvalue weighted by Crippen LogP contribution is 2.23. The monoisotopic (exact) mass is 192 g/mol. The van der Waals surface area contributed by atoms with Crippen molar-refractivity contribution in [1.82, 2.24) is 5.32 Å². The van der Waals surface area contributed by atoms with E-state index >= 15 is 0 Å². The third-order valence-corrected chi connectivity index (χ3v) is 2.17. The molecule has 1 fully saturated rings. The fourth-order valence-electron chi connectivity index (χ4n) is 1.24. The number of hydrogen-bond donors (Lipinski definition) is 2. The van der Waals surface area contributed by atoms with Crippen molar-refractivity contribution in [3.8, 4) is 6.07 Å². The number of aromatic carboxylic acids is 1. The van der Waals surface area contributed by atoms with E-state index in [9.17, 15) is 4.79 Å². The van der Waals surface area contributed by atoms with Gasteiger partial charge in [0, 0.05) is 13.0 Å². The summed E-state index contributed by atoms with van der Waals surface area (Å²) in [6, 6.07) is 5.10. The van der Waals surface area contributed by atoms with Crippen molar-refractivity contribution in [2.75, 3.05) is 6.54 Å². The fourth-order valence-corrected chi connectivity index (χ4v) is 1.24. The highest BCUT2D eigenvalue weighted by molar-refractivity contribution is 5.84. The van der Waals surface area contributed by atoms with E-state index in [0.717, 1.165) is 0 Å². The van der Waals surface area contributed by atoms with Gasteiger partial charge in [0.15, 0.2) is 0 Å². The lowest BCUT2D eigenvalue weighted by Gasteiger charge is -1.98. The second-order valence-corrected chi connectivity index (χ2v) is 3.30. The van der Waals surface area contributed by atoms with Gasteiger partial charge in [0.2, 0.25) is 5.76 Å². The molecule has 0 aliphatic carbocycles. The van der Waals surface area contributed by atoms with Gasteiger partial charge in [-0.1, -0.05) is 0 Å². The molecule has 1 aromatic rings. The molecule has 2 N–H and O–H groups in total. The van der Waals surface area contributed by atoms with Crippen molar-refractivity contribution in [2.24, 2.45) is 0 Å². The van der Waals surface area contributed by atoms with Gasteiger partial charge in [-0.25, -0.2) is 4.79 Å². The van der Waals surface area contributed by atoms with Crippen LogP contribution in [-0.2, 0) is 6.42 Å². The van der Waals surface area contributed by atoms with Crippen molar-refractivity contribution in [3.05, 3.63) is 23.7 Å². The molecule has 2 rings (SSSR count). The summed E-state index contributed by atoms with van der Waals surface area (Å²) in [6.45, 7) is 0.632. The predicted molar refractivity (Wildman–Crippen MR) is 45.7 cm³/mol. The van der Waals surface area contributed by atoms with Crippen molar-refractivity contribution in [3.63, 3.8) is 0 Å². The average Bonchev–Trinajstić information content (AvgIpc) is 2.75. The number of carbonyl (C=O) groups is 1. The third kappa shape index (κ3) is 1.47. The van der Waals surface area contributed by atoms with E-state index in [2.05, 4.69) is 11.4 Å². The number of carboxylic acid groups (broad SMARTS) is 1. The normalized spacial score (nSPS) is 24.2. The summed E-state index contributed by atoms with van der Waals surface area (Å²) in [5.74, 6) is -0.659. The van der Waals surface area contributed by atoms with Gasteiger partial charge in [0.1, 0.15) is 11.3 Å². The zero-order chi connectivity index (χ0) is 10.2. The van der Waals surface area contributed by atoms with E-state index in [1.807, 2.05) is 0 Å². The number of carboxylic acids is 1. The van der Waals surface area contributed by atoms with E-state index < -0.39 is 11.5 Å². The molecule has 0 amide bonds. The van der Waals surface area contributed by atoms with Gasteiger partial charge in [-0.3, -0.25) is 5.32 Å². The van der Waals surface area contributed by atoms with Crippen LogP contribution in [0, 0.1) is 11.3 Å². The van der Waals surface area contributed by atoms with Crippen molar-refractivity contribution in [2.45, 2.75) is 12.0 Å². The second kappa shape index (κ2) is 2.86. The molecule has 72 valence electrons. The Labute approximate surface area is 79.9 Å². The van der Waals surface area contributed by atoms with Crippen LogP contribution in [-0.4, -0.2) is 23.2 Å². The van der Waals surface area contributed by atoms with Gasteiger partial charge in [-0.15, -0.1) is 0 Å². The third-order valence-electron chi connectivity index (χ3n) is 2.17. The lowest BCUT2D eigenvalue weighted by atomic mass is 10.1. The molecule has 0 saturated carbocycles. The molecule has 2 heterocycles. The van der Waals surface area contributed by atoms with Crippen LogP contribution in [0.15, 0.2) is 16.5 Å². The van der Waals surface area contributed by atoms with Gasteiger partial charge < -0.3 is 9.52 Å². The Hall–Kier alpha value is -1.80. The summed E-state index contributed by atoms with van der Waals surface area (Å²) >= 11 is 0. The minimum atomic E-state index is -1.09. The van der Waals surface area contributed by atoms with Crippen LogP contribution in [0.5, 0.6) is 0 Å². The first-order valence-corrected chi connectivity index (χ1v) is 4.13. The molecule has 1 atom stereocenters. The van der Waals surface area contributed by atoms with Gasteiger partial charge in [-0.05, 0) is 12.1 Å². The molecule has 14 heavy (non-hydrogen) atoms. The molecule has 1 aliphatic heterocycles. The van der Waals surface area contributed by atoms with Crippen LogP contribution in [0.2, 0.25) is 0 Å². The maximum atomic E-state index is 10.5. The summed E-state index contributed by atoms with van der Waals surface area (Å²) < 4.78 is 5.03. The van der Waals surface area contributed by atoms with Gasteiger partial charge >= 0.3 is 5.97 Å². The maximum Gasteiger partial charge on any atom is 0.371 e. The first kappa shape index (κ1) is 8.78. The van der Waals surface area contributed by atoms with Crippen molar-refractivity contribution >= 4 is 5.97 Å². The Bertz CT molecular complexity index is 412. The van der Waals surface area contributed by atoms with Crippen LogP contribution in [0.3, 0.4) is 0 Å². The first-order valence-electron chi connectivity index (χ1n) is 4.13. The molecule has 1 aliphatic rings. The lowest BCUT2D eigenvalue weighted by molar-refractivity contribution is 0.0660. The minimum absolute atomic E-state index is 0.0891. The molecular formula is C9H8N2O3. The second-order valence-electron chi connectivity index (χ2n) is 3.30. The van der Waals surface area contributed by atoms with Crippen LogP contribution >= 0.6 is 0 Å². The summed E-state index contributed by atoms with van der Waals surface area (Å²) in [5, 5.41) is 20.3. The topological polar surface area (TPSA) is 96.2 Å². The molecule has 5 nitrogen and oxygen atoms in total. The maximum absolute atomic E-state index is 10.5. The van der Waals surface area contributed by atoms with Crippen LogP contribution in [0.25, 0.3) is 0 Å². The standard InChI is InChI=1S/C9H8N2O3/c10-4-9(5-11-9)3-6-1-2-7(14-6)8(12)13/h1-2,11H,3,5H2,(H,12,13). The zero-order valence-corrected chi connectivity index (χ0v) is 7.28. The Morgan fingerprint density at radius 1 is 1.79 bits per heavy atom. The number of rotatable bonds is 3. The highest BCUT2D eigenvalue weighted by atomic mass is 16.4. The first-order chi connectivity index (χ1) is 6.65. The molecule has 0 radical (unpaired) electrons. The number of furan rings is 1. The SMILES string of the molecule is N#CC1(Cc2ccc(C(=O)O)o2)CN1. The molecule has 1 aromatic heterocycles. The highest BCUT2D eigenvalue weighted by Gasteiger charge is 2.43. The average molecular weight is 192 g/mol. The quantitative estimate of drug-likeness (QED) is 0.675. The number of hydrogen-bond acceptors (Lipinski definition) is 4. The molecular weight excluding hydrogens is 184 g/mol. The van der Waals surface area contributed by atoms with Crippen LogP contribution < -0.4 is 5.32 Å². The van der Waals surface area contributed by atoms with Crippen LogP contribution in [0.1, 0.15) is 16.3 Å². The molecule has 0 aromatic carbocycles. The van der Waals surface area contributed by atoms with E-state index in [1.54, 1.807) is 6.07 Å². The number of nitriles is 1. The lowest BCUT2D eigenvalue weighted by Crippen LogP contribution is -2.15. The Balaban J connectivity index is 2.11. The summed E-state index contributed by atoms with van der Waals surface area (Å²) in [7, 11) is 0. The smallest absolute Gasteiger partial charge is 0.371 e. The van der Waals surface area contributed by atoms with E-state index in [-0.39, 0.29) is 5.76 Å². The number of nitrogens with one attached hydrogen (secondary N) is 1. The molecule has 5 heteroatoms. The van der Waals surface area contributed by atoms with Crippen molar-refractivity contribution < 1.29 is 14.3 Å². The Morgan fingerprint density at radius 2 is 2.50 bits per heavy atom. The van der Waals surface area contributed by atoms with Crippen molar-refractivity contribution in [1.29, 1.82) is 5.26 Å². The van der Waals surface area contributed by atoms with Gasteiger partial charge in [0.25, 0.3) is 0 Å². The predicted octanol–water partition coefficient (Wildman–Crippen LogP) is 0.386. The fraction of sp³-hybridized carbons (Fsp3) is 0.333. The van der Waals surface area contributed by atoms with Gasteiger partial charge in [-0.2, -0.15) is 5.26 Å². The van der Waals surface area contributed by atoms with E-state index in [1.165, 1.54) is 6.07 Å². The van der Waals surface area contributed by atoms with Gasteiger partial charge in [0.05, 0.1) is 6.07 Å². The van der Waals surface area contributed by atoms with E-state index in [4.69, 9.17) is 14.8 Å². The molecule has 0 spiro atoms. The summed E-state index contributed by atoms with van der Waals surface area (Å²) in [6.07, 6.45) is 0.413. The Kier molecular flexibility index (Phi) is 1.79. The Morgan fingerprint density at radius 3 is 2.93 bits per heavy atom. The molecule has 0 bridgehead atoms. The molecule has 1 unspecified atom stereocenters. The molecule has 1 saturated heterocycles. The van der Waals surface area contributed by atoms with E-state index in [0.29, 0.717) is 18.7 Å². The summed E-state index contributed by atoms with van der Waals surface area (Å²) in [4.78, 5) is 10.5. The minimum Gasteiger partial charge on any atom is -0.475 e. The number of nitrogens with zero attached hydrogens (tertiary/aromatic N) is 1. The zero-order valence-electron chi connectivity index (χ0n) is 7.28. The largest absolute Gasteiger partial charge is 0.475 e.